The van der Waals surface area contributed by atoms with Gasteiger partial charge >= 0.3 is 0 Å². The van der Waals surface area contributed by atoms with Crippen molar-refractivity contribution >= 4 is 10.9 Å². The zero-order chi connectivity index (χ0) is 23.2. The molecule has 0 saturated carbocycles. The Morgan fingerprint density at radius 2 is 1.97 bits per heavy atom. The van der Waals surface area contributed by atoms with Crippen LogP contribution < -0.4 is 10.3 Å². The number of rotatable bonds is 10. The summed E-state index contributed by atoms with van der Waals surface area (Å²) >= 11 is 0. The number of aromatic amines is 1. The van der Waals surface area contributed by atoms with Crippen molar-refractivity contribution in [3.05, 3.63) is 81.4 Å². The van der Waals surface area contributed by atoms with Crippen molar-refractivity contribution in [1.29, 1.82) is 0 Å². The molecule has 4 aromatic rings. The SMILES string of the molecule is COc1ccc(Cn2nnnc2CN(CCCO)Cc2cc3cccc(C)c3[nH]c2=O)cc1. The Hall–Kier alpha value is -3.56. The van der Waals surface area contributed by atoms with Gasteiger partial charge in [0.15, 0.2) is 5.82 Å². The van der Waals surface area contributed by atoms with Crippen LogP contribution in [0.1, 0.15) is 28.9 Å². The number of benzene rings is 2. The van der Waals surface area contributed by atoms with Gasteiger partial charge in [-0.15, -0.1) is 5.10 Å². The number of H-pyrrole nitrogens is 1. The maximum atomic E-state index is 12.8. The fourth-order valence-electron chi connectivity index (χ4n) is 3.86. The Labute approximate surface area is 191 Å². The minimum Gasteiger partial charge on any atom is -0.497 e. The normalized spacial score (nSPS) is 11.4. The number of pyridine rings is 1. The van der Waals surface area contributed by atoms with E-state index in [1.165, 1.54) is 0 Å². The quantitative estimate of drug-likeness (QED) is 0.383. The molecule has 0 aliphatic rings. The largest absolute Gasteiger partial charge is 0.497 e. The van der Waals surface area contributed by atoms with Gasteiger partial charge in [0, 0.05) is 25.3 Å². The van der Waals surface area contributed by atoms with Gasteiger partial charge in [0.05, 0.1) is 25.7 Å². The molecule has 0 unspecified atom stereocenters. The van der Waals surface area contributed by atoms with Crippen LogP contribution in [-0.4, -0.2) is 55.5 Å². The molecule has 33 heavy (non-hydrogen) atoms. The number of fused-ring (bicyclic) bond motifs is 1. The zero-order valence-electron chi connectivity index (χ0n) is 18.9. The first-order valence-electron chi connectivity index (χ1n) is 10.9. The van der Waals surface area contributed by atoms with E-state index < -0.39 is 0 Å². The summed E-state index contributed by atoms with van der Waals surface area (Å²) in [6, 6.07) is 15.7. The second kappa shape index (κ2) is 10.4. The molecule has 0 saturated heterocycles. The summed E-state index contributed by atoms with van der Waals surface area (Å²) in [6.07, 6.45) is 0.588. The highest BCUT2D eigenvalue weighted by molar-refractivity contribution is 5.81. The van der Waals surface area contributed by atoms with E-state index >= 15 is 0 Å². The summed E-state index contributed by atoms with van der Waals surface area (Å²) in [7, 11) is 1.64. The monoisotopic (exact) mass is 448 g/mol. The van der Waals surface area contributed by atoms with Crippen molar-refractivity contribution in [2.75, 3.05) is 20.3 Å². The molecule has 9 nitrogen and oxygen atoms in total. The number of methoxy groups -OCH3 is 1. The number of tetrazole rings is 1. The highest BCUT2D eigenvalue weighted by Crippen LogP contribution is 2.17. The molecule has 0 aliphatic carbocycles. The molecule has 0 radical (unpaired) electrons. The molecule has 0 fully saturated rings. The predicted octanol–water partition coefficient (Wildman–Crippen LogP) is 2.26. The van der Waals surface area contributed by atoms with E-state index in [1.807, 2.05) is 55.5 Å². The average molecular weight is 449 g/mol. The first-order valence-corrected chi connectivity index (χ1v) is 10.9. The summed E-state index contributed by atoms with van der Waals surface area (Å²) < 4.78 is 6.97. The van der Waals surface area contributed by atoms with Gasteiger partial charge in [-0.3, -0.25) is 9.69 Å². The predicted molar refractivity (Wildman–Crippen MR) is 125 cm³/mol. The number of aliphatic hydroxyl groups is 1. The molecule has 2 aromatic carbocycles. The van der Waals surface area contributed by atoms with Gasteiger partial charge in [-0.2, -0.15) is 0 Å². The van der Waals surface area contributed by atoms with Gasteiger partial charge in [0.1, 0.15) is 5.75 Å². The van der Waals surface area contributed by atoms with Gasteiger partial charge in [-0.25, -0.2) is 4.68 Å². The fourth-order valence-corrected chi connectivity index (χ4v) is 3.86. The Kier molecular flexibility index (Phi) is 7.11. The molecule has 0 amide bonds. The van der Waals surface area contributed by atoms with Crippen LogP contribution in [0.2, 0.25) is 0 Å². The van der Waals surface area contributed by atoms with E-state index in [-0.39, 0.29) is 12.2 Å². The Balaban J connectivity index is 1.54. The van der Waals surface area contributed by atoms with Crippen LogP contribution in [0.15, 0.2) is 53.3 Å². The number of nitrogens with one attached hydrogen (secondary N) is 1. The molecule has 172 valence electrons. The number of hydrogen-bond acceptors (Lipinski definition) is 7. The molecular weight excluding hydrogens is 420 g/mol. The van der Waals surface area contributed by atoms with Gasteiger partial charge < -0.3 is 14.8 Å². The van der Waals surface area contributed by atoms with Crippen LogP contribution in [-0.2, 0) is 19.6 Å². The lowest BCUT2D eigenvalue weighted by atomic mass is 10.1. The number of hydrogen-bond donors (Lipinski definition) is 2. The third-order valence-electron chi connectivity index (χ3n) is 5.65. The van der Waals surface area contributed by atoms with Crippen LogP contribution in [0, 0.1) is 6.92 Å². The topological polar surface area (TPSA) is 109 Å². The average Bonchev–Trinajstić information content (AvgIpc) is 3.25. The Bertz CT molecular complexity index is 1270. The number of ether oxygens (including phenoxy) is 1. The van der Waals surface area contributed by atoms with Gasteiger partial charge in [0.25, 0.3) is 5.56 Å². The summed E-state index contributed by atoms with van der Waals surface area (Å²) in [5, 5.41) is 22.6. The maximum absolute atomic E-state index is 12.8. The van der Waals surface area contributed by atoms with Crippen molar-refractivity contribution in [2.24, 2.45) is 0 Å². The lowest BCUT2D eigenvalue weighted by molar-refractivity contribution is 0.206. The van der Waals surface area contributed by atoms with Crippen LogP contribution in [0.5, 0.6) is 5.75 Å². The van der Waals surface area contributed by atoms with Crippen molar-refractivity contribution in [2.45, 2.75) is 33.0 Å². The van der Waals surface area contributed by atoms with Gasteiger partial charge in [-0.05, 0) is 58.5 Å². The van der Waals surface area contributed by atoms with E-state index in [4.69, 9.17) is 4.74 Å². The molecule has 2 N–H and O–H groups in total. The van der Waals surface area contributed by atoms with Crippen molar-refractivity contribution in [3.63, 3.8) is 0 Å². The van der Waals surface area contributed by atoms with E-state index in [9.17, 15) is 9.90 Å². The molecule has 9 heteroatoms. The zero-order valence-corrected chi connectivity index (χ0v) is 18.9. The first kappa shape index (κ1) is 22.6. The highest BCUT2D eigenvalue weighted by atomic mass is 16.5. The summed E-state index contributed by atoms with van der Waals surface area (Å²) in [6.45, 7) is 4.06. The molecule has 0 bridgehead atoms. The van der Waals surface area contributed by atoms with Gasteiger partial charge in [-0.1, -0.05) is 30.3 Å². The molecule has 0 atom stereocenters. The lowest BCUT2D eigenvalue weighted by Crippen LogP contribution is -2.29. The summed E-state index contributed by atoms with van der Waals surface area (Å²) in [5.41, 5.74) is 3.50. The summed E-state index contributed by atoms with van der Waals surface area (Å²) in [4.78, 5) is 17.9. The number of aryl methyl sites for hydroxylation is 1. The molecule has 0 spiro atoms. The maximum Gasteiger partial charge on any atom is 0.252 e. The third-order valence-corrected chi connectivity index (χ3v) is 5.65. The standard InChI is InChI=1S/C24H28N6O3/c1-17-5-3-6-19-13-20(24(32)25-23(17)19)15-29(11-4-12-31)16-22-26-27-28-30(22)14-18-7-9-21(33-2)10-8-18/h3,5-10,13,31H,4,11-12,14-16H2,1-2H3,(H,25,32). The van der Waals surface area contributed by atoms with Crippen molar-refractivity contribution in [1.82, 2.24) is 30.1 Å². The third kappa shape index (κ3) is 5.44. The molecular formula is C24H28N6O3. The number of nitrogens with zero attached hydrogens (tertiary/aromatic N) is 5. The van der Waals surface area contributed by atoms with Crippen LogP contribution in [0.3, 0.4) is 0 Å². The van der Waals surface area contributed by atoms with E-state index in [0.29, 0.717) is 44.0 Å². The first-order chi connectivity index (χ1) is 16.1. The van der Waals surface area contributed by atoms with Gasteiger partial charge in [0.2, 0.25) is 0 Å². The lowest BCUT2D eigenvalue weighted by Gasteiger charge is -2.21. The Morgan fingerprint density at radius 3 is 2.73 bits per heavy atom. The highest BCUT2D eigenvalue weighted by Gasteiger charge is 2.15. The fraction of sp³-hybridized carbons (Fsp3) is 0.333. The number of para-hydroxylation sites is 1. The second-order valence-electron chi connectivity index (χ2n) is 8.05. The number of aromatic nitrogens is 5. The van der Waals surface area contributed by atoms with Crippen molar-refractivity contribution in [3.8, 4) is 5.75 Å². The second-order valence-corrected chi connectivity index (χ2v) is 8.05. The summed E-state index contributed by atoms with van der Waals surface area (Å²) in [5.74, 6) is 1.48. The van der Waals surface area contributed by atoms with E-state index in [1.54, 1.807) is 11.8 Å². The van der Waals surface area contributed by atoms with Crippen LogP contribution in [0.4, 0.5) is 0 Å². The number of aliphatic hydroxyl groups excluding tert-OH is 1. The minimum atomic E-state index is -0.108. The molecule has 2 heterocycles. The molecule has 2 aromatic heterocycles. The van der Waals surface area contributed by atoms with Crippen LogP contribution in [0.25, 0.3) is 10.9 Å². The molecule has 4 rings (SSSR count). The van der Waals surface area contributed by atoms with Crippen molar-refractivity contribution < 1.29 is 9.84 Å². The van der Waals surface area contributed by atoms with E-state index in [0.717, 1.165) is 27.8 Å². The van der Waals surface area contributed by atoms with E-state index in [2.05, 4.69) is 25.4 Å². The molecule has 0 aliphatic heterocycles. The van der Waals surface area contributed by atoms with Crippen LogP contribution >= 0.6 is 0 Å². The smallest absolute Gasteiger partial charge is 0.252 e. The Morgan fingerprint density at radius 1 is 1.15 bits per heavy atom. The minimum absolute atomic E-state index is 0.0700.